The van der Waals surface area contributed by atoms with Gasteiger partial charge in [0.1, 0.15) is 12.4 Å². The summed E-state index contributed by atoms with van der Waals surface area (Å²) >= 11 is 0. The number of hydrogen-bond donors (Lipinski definition) is 2. The number of carbonyl (C=O) groups is 1. The van der Waals surface area contributed by atoms with Gasteiger partial charge >= 0.3 is 0 Å². The van der Waals surface area contributed by atoms with E-state index in [-0.39, 0.29) is 6.61 Å². The Bertz CT molecular complexity index is 738. The lowest BCUT2D eigenvalue weighted by Crippen LogP contribution is -2.29. The van der Waals surface area contributed by atoms with Crippen LogP contribution in [0.4, 0.5) is 5.69 Å². The van der Waals surface area contributed by atoms with Crippen LogP contribution in [0.1, 0.15) is 11.1 Å². The molecule has 0 saturated heterocycles. The SMILES string of the molecule is CN(CCNCc1ccc(CNS(C)=O)cc1)c1ccccc1OCC=O. The van der Waals surface area contributed by atoms with Crippen molar-refractivity contribution in [3.63, 3.8) is 0 Å². The first-order chi connectivity index (χ1) is 13.1. The summed E-state index contributed by atoms with van der Waals surface area (Å²) < 4.78 is 19.4. The average molecular weight is 390 g/mol. The Morgan fingerprint density at radius 3 is 2.41 bits per heavy atom. The molecule has 2 N–H and O–H groups in total. The van der Waals surface area contributed by atoms with Crippen molar-refractivity contribution in [2.24, 2.45) is 0 Å². The highest BCUT2D eigenvalue weighted by molar-refractivity contribution is 7.82. The van der Waals surface area contributed by atoms with Gasteiger partial charge in [0.05, 0.1) is 16.7 Å². The van der Waals surface area contributed by atoms with Gasteiger partial charge in [0.15, 0.2) is 6.29 Å². The Morgan fingerprint density at radius 1 is 1.07 bits per heavy atom. The number of rotatable bonds is 12. The van der Waals surface area contributed by atoms with E-state index in [1.807, 2.05) is 43.4 Å². The van der Waals surface area contributed by atoms with Crippen molar-refractivity contribution in [2.45, 2.75) is 13.1 Å². The molecule has 0 spiro atoms. The molecular weight excluding hydrogens is 362 g/mol. The van der Waals surface area contributed by atoms with E-state index in [1.165, 1.54) is 5.56 Å². The van der Waals surface area contributed by atoms with Gasteiger partial charge in [0.2, 0.25) is 0 Å². The normalized spacial score (nSPS) is 11.8. The van der Waals surface area contributed by atoms with Crippen molar-refractivity contribution in [1.29, 1.82) is 0 Å². The van der Waals surface area contributed by atoms with Gasteiger partial charge in [0, 0.05) is 39.5 Å². The lowest BCUT2D eigenvalue weighted by molar-refractivity contribution is -0.109. The number of nitrogens with one attached hydrogen (secondary N) is 2. The third-order valence-corrected chi connectivity index (χ3v) is 4.59. The standard InChI is InChI=1S/C20H27N3O3S/c1-23(19-5-3-4-6-20(19)26-14-13-24)12-11-21-15-17-7-9-18(10-8-17)16-22-27(2)25/h3-10,13,21-22H,11-12,14-16H2,1-2H3. The van der Waals surface area contributed by atoms with Crippen molar-refractivity contribution in [3.8, 4) is 5.75 Å². The molecule has 2 aromatic rings. The summed E-state index contributed by atoms with van der Waals surface area (Å²) in [6.45, 7) is 3.07. The minimum Gasteiger partial charge on any atom is -0.484 e. The number of ether oxygens (including phenoxy) is 1. The number of carbonyl (C=O) groups excluding carboxylic acids is 1. The summed E-state index contributed by atoms with van der Waals surface area (Å²) in [4.78, 5) is 12.6. The smallest absolute Gasteiger partial charge is 0.157 e. The molecule has 1 atom stereocenters. The molecule has 7 heteroatoms. The molecule has 0 heterocycles. The fraction of sp³-hybridized carbons (Fsp3) is 0.350. The Kier molecular flexibility index (Phi) is 8.97. The molecule has 0 fully saturated rings. The van der Waals surface area contributed by atoms with Crippen molar-refractivity contribution >= 4 is 23.0 Å². The van der Waals surface area contributed by atoms with Crippen LogP contribution in [0.3, 0.4) is 0 Å². The summed E-state index contributed by atoms with van der Waals surface area (Å²) in [7, 11) is 1.01. The number of nitrogens with zero attached hydrogens (tertiary/aromatic N) is 1. The first-order valence-corrected chi connectivity index (χ1v) is 10.4. The second-order valence-electron chi connectivity index (χ2n) is 6.14. The van der Waals surface area contributed by atoms with Crippen LogP contribution in [0.25, 0.3) is 0 Å². The molecule has 0 bridgehead atoms. The molecular formula is C20H27N3O3S. The number of hydrogen-bond acceptors (Lipinski definition) is 5. The number of likely N-dealkylation sites (N-methyl/N-ethyl adjacent to an activating group) is 1. The lowest BCUT2D eigenvalue weighted by atomic mass is 10.1. The maximum absolute atomic E-state index is 11.1. The highest BCUT2D eigenvalue weighted by Crippen LogP contribution is 2.26. The maximum atomic E-state index is 11.1. The van der Waals surface area contributed by atoms with Crippen molar-refractivity contribution in [2.75, 3.05) is 37.9 Å². The Morgan fingerprint density at radius 2 is 1.74 bits per heavy atom. The first kappa shape index (κ1) is 21.1. The van der Waals surface area contributed by atoms with Gasteiger partial charge in [-0.15, -0.1) is 0 Å². The minimum atomic E-state index is -0.995. The van der Waals surface area contributed by atoms with Gasteiger partial charge in [-0.05, 0) is 23.3 Å². The summed E-state index contributed by atoms with van der Waals surface area (Å²) in [5, 5.41) is 3.43. The van der Waals surface area contributed by atoms with E-state index in [2.05, 4.69) is 27.1 Å². The van der Waals surface area contributed by atoms with Crippen LogP contribution >= 0.6 is 0 Å². The van der Waals surface area contributed by atoms with Crippen molar-refractivity contribution in [3.05, 3.63) is 59.7 Å². The van der Waals surface area contributed by atoms with Crippen molar-refractivity contribution < 1.29 is 13.7 Å². The Balaban J connectivity index is 1.76. The summed E-state index contributed by atoms with van der Waals surface area (Å²) in [6, 6.07) is 15.9. The number of benzene rings is 2. The van der Waals surface area contributed by atoms with E-state index < -0.39 is 11.0 Å². The number of para-hydroxylation sites is 2. The minimum absolute atomic E-state index is 0.0583. The van der Waals surface area contributed by atoms with Crippen LogP contribution in [-0.4, -0.2) is 43.5 Å². The largest absolute Gasteiger partial charge is 0.484 e. The molecule has 27 heavy (non-hydrogen) atoms. The van der Waals surface area contributed by atoms with E-state index in [9.17, 15) is 9.00 Å². The van der Waals surface area contributed by atoms with E-state index in [0.29, 0.717) is 12.3 Å². The van der Waals surface area contributed by atoms with E-state index >= 15 is 0 Å². The first-order valence-electron chi connectivity index (χ1n) is 8.82. The predicted molar refractivity (Wildman–Crippen MR) is 110 cm³/mol. The second-order valence-corrected chi connectivity index (χ2v) is 7.33. The zero-order chi connectivity index (χ0) is 19.5. The molecule has 0 saturated carbocycles. The molecule has 2 aromatic carbocycles. The predicted octanol–water partition coefficient (Wildman–Crippen LogP) is 1.87. The molecule has 0 radical (unpaired) electrons. The molecule has 0 aromatic heterocycles. The molecule has 146 valence electrons. The average Bonchev–Trinajstić information content (AvgIpc) is 2.69. The highest BCUT2D eigenvalue weighted by Gasteiger charge is 2.07. The van der Waals surface area contributed by atoms with Crippen LogP contribution in [0, 0.1) is 0 Å². The second kappa shape index (κ2) is 11.5. The van der Waals surface area contributed by atoms with Crippen LogP contribution in [0.15, 0.2) is 48.5 Å². The van der Waals surface area contributed by atoms with Gasteiger partial charge < -0.3 is 15.0 Å². The highest BCUT2D eigenvalue weighted by atomic mass is 32.2. The molecule has 0 aliphatic carbocycles. The summed E-state index contributed by atoms with van der Waals surface area (Å²) in [5.74, 6) is 0.712. The third kappa shape index (κ3) is 7.50. The summed E-state index contributed by atoms with van der Waals surface area (Å²) in [5.41, 5.74) is 3.28. The monoisotopic (exact) mass is 389 g/mol. The van der Waals surface area contributed by atoms with Crippen LogP contribution in [-0.2, 0) is 28.9 Å². The van der Waals surface area contributed by atoms with E-state index in [4.69, 9.17) is 4.74 Å². The Labute approximate surface area is 163 Å². The number of anilines is 1. The topological polar surface area (TPSA) is 70.7 Å². The zero-order valence-corrected chi connectivity index (χ0v) is 16.6. The lowest BCUT2D eigenvalue weighted by Gasteiger charge is -2.22. The fourth-order valence-corrected chi connectivity index (χ4v) is 2.95. The summed E-state index contributed by atoms with van der Waals surface area (Å²) in [6.07, 6.45) is 2.38. The fourth-order valence-electron chi connectivity index (χ4n) is 2.58. The quantitative estimate of drug-likeness (QED) is 0.428. The molecule has 1 unspecified atom stereocenters. The molecule has 0 aliphatic heterocycles. The van der Waals surface area contributed by atoms with E-state index in [0.717, 1.165) is 37.2 Å². The number of aldehydes is 1. The zero-order valence-electron chi connectivity index (χ0n) is 15.8. The van der Waals surface area contributed by atoms with Gasteiger partial charge in [-0.3, -0.25) is 4.79 Å². The van der Waals surface area contributed by atoms with Crippen LogP contribution in [0.5, 0.6) is 5.75 Å². The third-order valence-electron chi connectivity index (χ3n) is 4.04. The van der Waals surface area contributed by atoms with Crippen LogP contribution in [0.2, 0.25) is 0 Å². The molecule has 0 aliphatic rings. The Hall–Kier alpha value is -2.22. The van der Waals surface area contributed by atoms with Gasteiger partial charge in [0.25, 0.3) is 0 Å². The molecule has 2 rings (SSSR count). The van der Waals surface area contributed by atoms with Gasteiger partial charge in [-0.2, -0.15) is 0 Å². The van der Waals surface area contributed by atoms with Crippen LogP contribution < -0.4 is 19.7 Å². The van der Waals surface area contributed by atoms with Crippen molar-refractivity contribution in [1.82, 2.24) is 10.0 Å². The van der Waals surface area contributed by atoms with Gasteiger partial charge in [-0.1, -0.05) is 36.4 Å². The maximum Gasteiger partial charge on any atom is 0.157 e. The molecule has 6 nitrogen and oxygen atoms in total. The van der Waals surface area contributed by atoms with Gasteiger partial charge in [-0.25, -0.2) is 8.93 Å². The molecule has 0 amide bonds. The van der Waals surface area contributed by atoms with E-state index in [1.54, 1.807) is 6.26 Å².